The van der Waals surface area contributed by atoms with Crippen LogP contribution in [0.3, 0.4) is 0 Å². The van der Waals surface area contributed by atoms with Crippen molar-refractivity contribution in [2.45, 2.75) is 12.5 Å². The van der Waals surface area contributed by atoms with Crippen LogP contribution in [0.4, 0.5) is 0 Å². The summed E-state index contributed by atoms with van der Waals surface area (Å²) in [6.07, 6.45) is 0.552. The molecule has 2 heterocycles. The summed E-state index contributed by atoms with van der Waals surface area (Å²) in [4.78, 5) is 2.28. The molecule has 0 spiro atoms. The fourth-order valence-electron chi connectivity index (χ4n) is 1.52. The number of aliphatic hydroxyl groups excluding tert-OH is 1. The zero-order chi connectivity index (χ0) is 12.1. The van der Waals surface area contributed by atoms with Gasteiger partial charge in [0.25, 0.3) is 0 Å². The van der Waals surface area contributed by atoms with E-state index < -0.39 is 6.10 Å². The molecule has 2 nitrogen and oxygen atoms in total. The number of hydrogen-bond donors (Lipinski definition) is 2. The highest BCUT2D eigenvalue weighted by Crippen LogP contribution is 2.21. The van der Waals surface area contributed by atoms with Gasteiger partial charge in [0.1, 0.15) is 6.10 Å². The summed E-state index contributed by atoms with van der Waals surface area (Å²) in [5.41, 5.74) is 0. The van der Waals surface area contributed by atoms with Gasteiger partial charge in [0.15, 0.2) is 0 Å². The van der Waals surface area contributed by atoms with E-state index in [0.717, 1.165) is 22.2 Å². The molecule has 0 aromatic carbocycles. The number of nitrogens with one attached hydrogen (secondary N) is 1. The Morgan fingerprint density at radius 1 is 1.35 bits per heavy atom. The van der Waals surface area contributed by atoms with Crippen LogP contribution in [-0.4, -0.2) is 18.2 Å². The molecule has 0 fully saturated rings. The average Bonchev–Trinajstić information content (AvgIpc) is 2.95. The Bertz CT molecular complexity index is 441. The minimum Gasteiger partial charge on any atom is -0.386 e. The van der Waals surface area contributed by atoms with Gasteiger partial charge in [-0.1, -0.05) is 17.7 Å². The monoisotopic (exact) mass is 287 g/mol. The van der Waals surface area contributed by atoms with Gasteiger partial charge < -0.3 is 10.4 Å². The van der Waals surface area contributed by atoms with E-state index in [0.29, 0.717) is 6.54 Å². The molecule has 0 aliphatic heterocycles. The lowest BCUT2D eigenvalue weighted by atomic mass is 10.3. The Morgan fingerprint density at radius 2 is 2.24 bits per heavy atom. The Labute approximate surface area is 114 Å². The third-order valence-corrected chi connectivity index (χ3v) is 4.65. The van der Waals surface area contributed by atoms with Crippen molar-refractivity contribution in [3.05, 3.63) is 43.7 Å². The van der Waals surface area contributed by atoms with E-state index in [1.807, 2.05) is 29.6 Å². The summed E-state index contributed by atoms with van der Waals surface area (Å²) in [7, 11) is 0. The van der Waals surface area contributed by atoms with Crippen LogP contribution in [0.25, 0.3) is 0 Å². The number of rotatable bonds is 6. The SMILES string of the molecule is OC(CNCCc1ccc(Cl)s1)c1cccs1. The molecule has 0 amide bonds. The first-order valence-corrected chi connectivity index (χ1v) is 7.49. The second kappa shape index (κ2) is 6.52. The maximum atomic E-state index is 9.84. The summed E-state index contributed by atoms with van der Waals surface area (Å²) in [5.74, 6) is 0. The minimum absolute atomic E-state index is 0.401. The van der Waals surface area contributed by atoms with Crippen LogP contribution < -0.4 is 5.32 Å². The summed E-state index contributed by atoms with van der Waals surface area (Å²) < 4.78 is 0.832. The van der Waals surface area contributed by atoms with Gasteiger partial charge >= 0.3 is 0 Å². The smallest absolute Gasteiger partial charge is 0.101 e. The molecule has 1 unspecified atom stereocenters. The lowest BCUT2D eigenvalue weighted by molar-refractivity contribution is 0.179. The molecule has 2 rings (SSSR count). The summed E-state index contributed by atoms with van der Waals surface area (Å²) in [5, 5.41) is 15.1. The van der Waals surface area contributed by atoms with Crippen molar-refractivity contribution in [3.63, 3.8) is 0 Å². The summed E-state index contributed by atoms with van der Waals surface area (Å²) >= 11 is 9.04. The number of halogens is 1. The first-order valence-electron chi connectivity index (χ1n) is 5.42. The molecule has 2 aromatic rings. The highest BCUT2D eigenvalue weighted by molar-refractivity contribution is 7.16. The van der Waals surface area contributed by atoms with Crippen molar-refractivity contribution < 1.29 is 5.11 Å². The molecular formula is C12H14ClNOS2. The lowest BCUT2D eigenvalue weighted by Crippen LogP contribution is -2.23. The van der Waals surface area contributed by atoms with Crippen LogP contribution >= 0.6 is 34.3 Å². The molecule has 2 N–H and O–H groups in total. The molecule has 0 radical (unpaired) electrons. The van der Waals surface area contributed by atoms with Crippen LogP contribution in [0.5, 0.6) is 0 Å². The largest absolute Gasteiger partial charge is 0.386 e. The molecule has 0 saturated heterocycles. The maximum absolute atomic E-state index is 9.84. The van der Waals surface area contributed by atoms with Gasteiger partial charge in [0, 0.05) is 22.8 Å². The molecular weight excluding hydrogens is 274 g/mol. The van der Waals surface area contributed by atoms with Crippen LogP contribution in [0.15, 0.2) is 29.6 Å². The molecule has 0 bridgehead atoms. The van der Waals surface area contributed by atoms with Crippen molar-refractivity contribution in [1.29, 1.82) is 0 Å². The van der Waals surface area contributed by atoms with Gasteiger partial charge in [-0.15, -0.1) is 22.7 Å². The molecule has 0 saturated carbocycles. The van der Waals surface area contributed by atoms with Gasteiger partial charge in [-0.3, -0.25) is 0 Å². The van der Waals surface area contributed by atoms with Gasteiger partial charge in [0.05, 0.1) is 4.34 Å². The highest BCUT2D eigenvalue weighted by atomic mass is 35.5. The average molecular weight is 288 g/mol. The Kier molecular flexibility index (Phi) is 5.00. The van der Waals surface area contributed by atoms with Crippen LogP contribution in [0.1, 0.15) is 15.9 Å². The topological polar surface area (TPSA) is 32.3 Å². The third-order valence-electron chi connectivity index (χ3n) is 2.39. The second-order valence-electron chi connectivity index (χ2n) is 3.69. The molecule has 2 aromatic heterocycles. The number of thiophene rings is 2. The van der Waals surface area contributed by atoms with E-state index in [2.05, 4.69) is 5.32 Å². The standard InChI is InChI=1S/C12H14ClNOS2/c13-12-4-3-9(17-12)5-6-14-8-10(15)11-2-1-7-16-11/h1-4,7,10,14-15H,5-6,8H2. The van der Waals surface area contributed by atoms with Crippen molar-refractivity contribution in [3.8, 4) is 0 Å². The normalized spacial score (nSPS) is 12.8. The van der Waals surface area contributed by atoms with Crippen molar-refractivity contribution in [1.82, 2.24) is 5.32 Å². The first kappa shape index (κ1) is 13.1. The quantitative estimate of drug-likeness (QED) is 0.799. The molecule has 92 valence electrons. The summed E-state index contributed by atoms with van der Waals surface area (Å²) in [6, 6.07) is 7.87. The minimum atomic E-state index is -0.401. The highest BCUT2D eigenvalue weighted by Gasteiger charge is 2.07. The van der Waals surface area contributed by atoms with Gasteiger partial charge in [-0.25, -0.2) is 0 Å². The molecule has 17 heavy (non-hydrogen) atoms. The van der Waals surface area contributed by atoms with E-state index >= 15 is 0 Å². The lowest BCUT2D eigenvalue weighted by Gasteiger charge is -2.09. The fourth-order valence-corrected chi connectivity index (χ4v) is 3.32. The van der Waals surface area contributed by atoms with Gasteiger partial charge in [-0.2, -0.15) is 0 Å². The van der Waals surface area contributed by atoms with E-state index in [-0.39, 0.29) is 0 Å². The third kappa shape index (κ3) is 4.08. The summed E-state index contributed by atoms with van der Waals surface area (Å²) in [6.45, 7) is 1.46. The second-order valence-corrected chi connectivity index (χ2v) is 6.47. The predicted octanol–water partition coefficient (Wildman–Crippen LogP) is 3.33. The van der Waals surface area contributed by atoms with Crippen molar-refractivity contribution >= 4 is 34.3 Å². The van der Waals surface area contributed by atoms with E-state index in [9.17, 15) is 5.11 Å². The maximum Gasteiger partial charge on any atom is 0.101 e. The molecule has 5 heteroatoms. The van der Waals surface area contributed by atoms with E-state index in [1.165, 1.54) is 4.88 Å². The van der Waals surface area contributed by atoms with Crippen LogP contribution in [0.2, 0.25) is 4.34 Å². The molecule has 1 atom stereocenters. The van der Waals surface area contributed by atoms with Crippen molar-refractivity contribution in [2.75, 3.05) is 13.1 Å². The van der Waals surface area contributed by atoms with Crippen LogP contribution in [0, 0.1) is 0 Å². The zero-order valence-electron chi connectivity index (χ0n) is 9.23. The Balaban J connectivity index is 1.66. The first-order chi connectivity index (χ1) is 8.25. The van der Waals surface area contributed by atoms with Gasteiger partial charge in [-0.05, 0) is 30.0 Å². The Morgan fingerprint density at radius 3 is 2.88 bits per heavy atom. The number of aliphatic hydroxyl groups is 1. The fraction of sp³-hybridized carbons (Fsp3) is 0.333. The van der Waals surface area contributed by atoms with Crippen molar-refractivity contribution in [2.24, 2.45) is 0 Å². The molecule has 0 aliphatic rings. The van der Waals surface area contributed by atoms with Crippen LogP contribution in [-0.2, 0) is 6.42 Å². The number of hydrogen-bond acceptors (Lipinski definition) is 4. The van der Waals surface area contributed by atoms with Gasteiger partial charge in [0.2, 0.25) is 0 Å². The Hall–Kier alpha value is -0.390. The van der Waals surface area contributed by atoms with E-state index in [4.69, 9.17) is 11.6 Å². The predicted molar refractivity (Wildman–Crippen MR) is 75.2 cm³/mol. The van der Waals surface area contributed by atoms with E-state index in [1.54, 1.807) is 22.7 Å². The molecule has 0 aliphatic carbocycles. The zero-order valence-corrected chi connectivity index (χ0v) is 11.6.